The van der Waals surface area contributed by atoms with Crippen molar-refractivity contribution in [2.75, 3.05) is 7.11 Å². The van der Waals surface area contributed by atoms with Crippen LogP contribution in [-0.2, 0) is 12.8 Å². The molecule has 3 rings (SSSR count). The van der Waals surface area contributed by atoms with Crippen LogP contribution in [0.2, 0.25) is 0 Å². The summed E-state index contributed by atoms with van der Waals surface area (Å²) in [5.74, 6) is 1.58. The zero-order valence-corrected chi connectivity index (χ0v) is 12.6. The maximum atomic E-state index is 5.67. The van der Waals surface area contributed by atoms with Crippen LogP contribution in [0.3, 0.4) is 0 Å². The van der Waals surface area contributed by atoms with E-state index in [1.807, 2.05) is 24.3 Å². The molecule has 3 aromatic rings. The summed E-state index contributed by atoms with van der Waals surface area (Å²) in [6.45, 7) is 0. The highest BCUT2D eigenvalue weighted by Gasteiger charge is 2.07. The molecule has 5 heteroatoms. The average molecular weight is 333 g/mol. The number of pyridine rings is 1. The molecule has 0 aliphatic carbocycles. The molecule has 1 aromatic carbocycles. The highest BCUT2D eigenvalue weighted by atomic mass is 79.9. The van der Waals surface area contributed by atoms with Gasteiger partial charge in [-0.1, -0.05) is 12.1 Å². The Morgan fingerprint density at radius 1 is 1.05 bits per heavy atom. The third-order valence-electron chi connectivity index (χ3n) is 3.05. The van der Waals surface area contributed by atoms with E-state index in [9.17, 15) is 0 Å². The van der Waals surface area contributed by atoms with E-state index < -0.39 is 0 Å². The van der Waals surface area contributed by atoms with Crippen molar-refractivity contribution >= 4 is 27.2 Å². The SMILES string of the molecule is COc1ccc(CCc2nc3nc(Br)ccc3o2)cc1. The fourth-order valence-corrected chi connectivity index (χ4v) is 2.29. The van der Waals surface area contributed by atoms with Crippen LogP contribution >= 0.6 is 15.9 Å². The van der Waals surface area contributed by atoms with Gasteiger partial charge in [0.15, 0.2) is 17.1 Å². The van der Waals surface area contributed by atoms with Crippen LogP contribution in [0, 0.1) is 0 Å². The minimum Gasteiger partial charge on any atom is -0.497 e. The van der Waals surface area contributed by atoms with Gasteiger partial charge in [-0.3, -0.25) is 0 Å². The number of ether oxygens (including phenoxy) is 1. The van der Waals surface area contributed by atoms with Gasteiger partial charge in [-0.25, -0.2) is 4.98 Å². The van der Waals surface area contributed by atoms with Crippen molar-refractivity contribution in [2.24, 2.45) is 0 Å². The maximum Gasteiger partial charge on any atom is 0.199 e. The van der Waals surface area contributed by atoms with Gasteiger partial charge in [0.2, 0.25) is 0 Å². The van der Waals surface area contributed by atoms with E-state index in [1.165, 1.54) is 5.56 Å². The first-order chi connectivity index (χ1) is 9.74. The molecule has 0 aliphatic rings. The summed E-state index contributed by atoms with van der Waals surface area (Å²) in [7, 11) is 1.67. The van der Waals surface area contributed by atoms with Gasteiger partial charge in [-0.15, -0.1) is 0 Å². The van der Waals surface area contributed by atoms with E-state index >= 15 is 0 Å². The molecule has 0 radical (unpaired) electrons. The molecule has 4 nitrogen and oxygen atoms in total. The molecule has 0 spiro atoms. The molecule has 0 saturated heterocycles. The second kappa shape index (κ2) is 5.63. The molecule has 0 saturated carbocycles. The number of halogens is 1. The molecular formula is C15H13BrN2O2. The number of hydrogen-bond donors (Lipinski definition) is 0. The first-order valence-corrected chi connectivity index (χ1v) is 7.09. The van der Waals surface area contributed by atoms with Crippen molar-refractivity contribution in [3.63, 3.8) is 0 Å². The number of aromatic nitrogens is 2. The summed E-state index contributed by atoms with van der Waals surface area (Å²) in [6.07, 6.45) is 1.62. The number of methoxy groups -OCH3 is 1. The summed E-state index contributed by atoms with van der Waals surface area (Å²) in [5, 5.41) is 0. The molecule has 0 amide bonds. The smallest absolute Gasteiger partial charge is 0.199 e. The van der Waals surface area contributed by atoms with Gasteiger partial charge in [-0.05, 0) is 52.2 Å². The monoisotopic (exact) mass is 332 g/mol. The summed E-state index contributed by atoms with van der Waals surface area (Å²) in [5.41, 5.74) is 2.59. The van der Waals surface area contributed by atoms with E-state index in [1.54, 1.807) is 7.11 Å². The second-order valence-corrected chi connectivity index (χ2v) is 5.22. The van der Waals surface area contributed by atoms with Crippen LogP contribution < -0.4 is 4.74 Å². The summed E-state index contributed by atoms with van der Waals surface area (Å²) in [6, 6.07) is 11.7. The molecule has 0 fully saturated rings. The number of nitrogens with zero attached hydrogens (tertiary/aromatic N) is 2. The summed E-state index contributed by atoms with van der Waals surface area (Å²) in [4.78, 5) is 8.66. The second-order valence-electron chi connectivity index (χ2n) is 4.41. The van der Waals surface area contributed by atoms with Crippen LogP contribution in [0.4, 0.5) is 0 Å². The van der Waals surface area contributed by atoms with Crippen molar-refractivity contribution in [1.29, 1.82) is 0 Å². The Kier molecular flexibility index (Phi) is 3.69. The lowest BCUT2D eigenvalue weighted by atomic mass is 10.1. The largest absolute Gasteiger partial charge is 0.497 e. The summed E-state index contributed by atoms with van der Waals surface area (Å²) >= 11 is 3.33. The molecule has 0 bridgehead atoms. The lowest BCUT2D eigenvalue weighted by Gasteiger charge is -2.01. The molecule has 102 valence electrons. The molecule has 0 aliphatic heterocycles. The van der Waals surface area contributed by atoms with Gasteiger partial charge in [0.1, 0.15) is 10.4 Å². The van der Waals surface area contributed by atoms with Crippen molar-refractivity contribution in [2.45, 2.75) is 12.8 Å². The van der Waals surface area contributed by atoms with Crippen molar-refractivity contribution in [1.82, 2.24) is 9.97 Å². The Balaban J connectivity index is 1.72. The Bertz CT molecular complexity index is 722. The van der Waals surface area contributed by atoms with Crippen molar-refractivity contribution < 1.29 is 9.15 Å². The number of oxazole rings is 1. The summed E-state index contributed by atoms with van der Waals surface area (Å²) < 4.78 is 11.6. The fourth-order valence-electron chi connectivity index (χ4n) is 1.99. The third-order valence-corrected chi connectivity index (χ3v) is 3.49. The first kappa shape index (κ1) is 13.1. The highest BCUT2D eigenvalue weighted by Crippen LogP contribution is 2.18. The zero-order chi connectivity index (χ0) is 13.9. The van der Waals surface area contributed by atoms with E-state index in [-0.39, 0.29) is 0 Å². The van der Waals surface area contributed by atoms with Gasteiger partial charge in [0.25, 0.3) is 0 Å². The van der Waals surface area contributed by atoms with Gasteiger partial charge < -0.3 is 9.15 Å². The van der Waals surface area contributed by atoms with Crippen LogP contribution in [0.1, 0.15) is 11.5 Å². The van der Waals surface area contributed by atoms with Gasteiger partial charge in [0.05, 0.1) is 7.11 Å². The number of hydrogen-bond acceptors (Lipinski definition) is 4. The highest BCUT2D eigenvalue weighted by molar-refractivity contribution is 9.10. The van der Waals surface area contributed by atoms with Gasteiger partial charge in [0, 0.05) is 6.42 Å². The molecule has 2 heterocycles. The number of rotatable bonds is 4. The average Bonchev–Trinajstić information content (AvgIpc) is 2.87. The molecular weight excluding hydrogens is 320 g/mol. The molecule has 0 N–H and O–H groups in total. The van der Waals surface area contributed by atoms with Crippen LogP contribution in [0.25, 0.3) is 11.2 Å². The quantitative estimate of drug-likeness (QED) is 0.682. The van der Waals surface area contributed by atoms with Crippen LogP contribution in [0.5, 0.6) is 5.75 Å². The zero-order valence-electron chi connectivity index (χ0n) is 11.0. The van der Waals surface area contributed by atoms with E-state index in [0.717, 1.165) is 28.8 Å². The number of benzene rings is 1. The van der Waals surface area contributed by atoms with Crippen molar-refractivity contribution in [3.05, 3.63) is 52.5 Å². The molecule has 2 aromatic heterocycles. The van der Waals surface area contributed by atoms with E-state index in [2.05, 4.69) is 38.0 Å². The Morgan fingerprint density at radius 2 is 1.85 bits per heavy atom. The lowest BCUT2D eigenvalue weighted by Crippen LogP contribution is -1.92. The van der Waals surface area contributed by atoms with Crippen LogP contribution in [-0.4, -0.2) is 17.1 Å². The Morgan fingerprint density at radius 3 is 2.60 bits per heavy atom. The first-order valence-electron chi connectivity index (χ1n) is 6.29. The van der Waals surface area contributed by atoms with E-state index in [4.69, 9.17) is 9.15 Å². The van der Waals surface area contributed by atoms with Crippen LogP contribution in [0.15, 0.2) is 45.4 Å². The predicted octanol–water partition coefficient (Wildman–Crippen LogP) is 3.78. The minimum absolute atomic E-state index is 0.643. The fraction of sp³-hybridized carbons (Fsp3) is 0.200. The molecule has 0 atom stereocenters. The minimum atomic E-state index is 0.643. The number of aryl methyl sites for hydroxylation is 2. The topological polar surface area (TPSA) is 48.2 Å². The third kappa shape index (κ3) is 2.82. The Labute approximate surface area is 124 Å². The number of fused-ring (bicyclic) bond motifs is 1. The Hall–Kier alpha value is -1.88. The normalized spacial score (nSPS) is 10.9. The van der Waals surface area contributed by atoms with Crippen molar-refractivity contribution in [3.8, 4) is 5.75 Å². The molecule has 20 heavy (non-hydrogen) atoms. The van der Waals surface area contributed by atoms with Gasteiger partial charge in [-0.2, -0.15) is 4.98 Å². The predicted molar refractivity (Wildman–Crippen MR) is 79.9 cm³/mol. The van der Waals surface area contributed by atoms with E-state index in [0.29, 0.717) is 11.5 Å². The maximum absolute atomic E-state index is 5.67. The molecule has 0 unspecified atom stereocenters. The van der Waals surface area contributed by atoms with Gasteiger partial charge >= 0.3 is 0 Å². The lowest BCUT2D eigenvalue weighted by molar-refractivity contribution is 0.414. The standard InChI is InChI=1S/C15H13BrN2O2/c1-19-11-5-2-10(3-6-11)4-9-14-18-15-12(20-14)7-8-13(16)17-15/h2-3,5-8H,4,9H2,1H3.